The first-order valence-electron chi connectivity index (χ1n) is 7.62. The van der Waals surface area contributed by atoms with Crippen LogP contribution in [0, 0.1) is 0 Å². The van der Waals surface area contributed by atoms with Crippen LogP contribution in [-0.2, 0) is 17.7 Å². The van der Waals surface area contributed by atoms with E-state index in [4.69, 9.17) is 9.72 Å². The Hall–Kier alpha value is -1.39. The number of fused-ring (bicyclic) bond motifs is 1. The molecule has 0 aliphatic carbocycles. The monoisotopic (exact) mass is 273 g/mol. The van der Waals surface area contributed by atoms with Crippen molar-refractivity contribution >= 4 is 11.0 Å². The molecule has 4 nitrogen and oxygen atoms in total. The molecule has 0 radical (unpaired) electrons. The second-order valence-electron chi connectivity index (χ2n) is 5.32. The van der Waals surface area contributed by atoms with Crippen LogP contribution in [0.3, 0.4) is 0 Å². The molecule has 2 aromatic rings. The van der Waals surface area contributed by atoms with Gasteiger partial charge in [0, 0.05) is 26.1 Å². The van der Waals surface area contributed by atoms with Crippen molar-refractivity contribution in [3.8, 4) is 0 Å². The molecule has 0 saturated carbocycles. The fraction of sp³-hybridized carbons (Fsp3) is 0.562. The highest BCUT2D eigenvalue weighted by Gasteiger charge is 2.12. The van der Waals surface area contributed by atoms with Crippen molar-refractivity contribution in [2.24, 2.45) is 0 Å². The maximum Gasteiger partial charge on any atom is 0.109 e. The van der Waals surface area contributed by atoms with Gasteiger partial charge in [-0.05, 0) is 32.0 Å². The maximum absolute atomic E-state index is 5.38. The average Bonchev–Trinajstić information content (AvgIpc) is 2.86. The van der Waals surface area contributed by atoms with Gasteiger partial charge in [0.15, 0.2) is 0 Å². The van der Waals surface area contributed by atoms with E-state index in [2.05, 4.69) is 40.7 Å². The molecule has 1 aliphatic heterocycles. The Morgan fingerprint density at radius 3 is 2.80 bits per heavy atom. The quantitative estimate of drug-likeness (QED) is 0.837. The van der Waals surface area contributed by atoms with E-state index < -0.39 is 0 Å². The second kappa shape index (κ2) is 6.37. The van der Waals surface area contributed by atoms with Gasteiger partial charge in [0.2, 0.25) is 0 Å². The number of nitrogens with zero attached hydrogens (tertiary/aromatic N) is 3. The predicted octanol–water partition coefficient (Wildman–Crippen LogP) is 2.32. The molecular formula is C16H23N3O. The minimum Gasteiger partial charge on any atom is -0.379 e. The highest BCUT2D eigenvalue weighted by atomic mass is 16.5. The predicted molar refractivity (Wildman–Crippen MR) is 81.0 cm³/mol. The number of hydrogen-bond donors (Lipinski definition) is 0. The molecule has 20 heavy (non-hydrogen) atoms. The second-order valence-corrected chi connectivity index (χ2v) is 5.32. The van der Waals surface area contributed by atoms with Crippen LogP contribution in [0.25, 0.3) is 11.0 Å². The summed E-state index contributed by atoms with van der Waals surface area (Å²) in [6.07, 6.45) is 2.23. The van der Waals surface area contributed by atoms with Gasteiger partial charge in [0.25, 0.3) is 0 Å². The Morgan fingerprint density at radius 1 is 1.20 bits per heavy atom. The Labute approximate surface area is 120 Å². The molecule has 0 N–H and O–H groups in total. The van der Waals surface area contributed by atoms with Crippen molar-refractivity contribution in [1.29, 1.82) is 0 Å². The summed E-state index contributed by atoms with van der Waals surface area (Å²) in [7, 11) is 0. The Kier molecular flexibility index (Phi) is 4.33. The summed E-state index contributed by atoms with van der Waals surface area (Å²) in [6.45, 7) is 8.25. The van der Waals surface area contributed by atoms with Crippen molar-refractivity contribution in [3.63, 3.8) is 0 Å². The molecule has 3 rings (SSSR count). The van der Waals surface area contributed by atoms with Crippen molar-refractivity contribution in [3.05, 3.63) is 30.1 Å². The number of para-hydroxylation sites is 2. The molecule has 0 spiro atoms. The molecule has 1 fully saturated rings. The smallest absolute Gasteiger partial charge is 0.109 e. The van der Waals surface area contributed by atoms with Gasteiger partial charge in [-0.25, -0.2) is 4.98 Å². The van der Waals surface area contributed by atoms with Gasteiger partial charge in [0.05, 0.1) is 24.2 Å². The number of aromatic nitrogens is 2. The SMILES string of the molecule is CCn1c(CCCN2CCOCC2)nc2ccccc21. The summed E-state index contributed by atoms with van der Waals surface area (Å²) >= 11 is 0. The number of hydrogen-bond acceptors (Lipinski definition) is 3. The third-order valence-electron chi connectivity index (χ3n) is 4.03. The summed E-state index contributed by atoms with van der Waals surface area (Å²) in [6, 6.07) is 8.42. The summed E-state index contributed by atoms with van der Waals surface area (Å²) < 4.78 is 7.72. The molecule has 108 valence electrons. The van der Waals surface area contributed by atoms with Crippen LogP contribution >= 0.6 is 0 Å². The minimum atomic E-state index is 0.882. The minimum absolute atomic E-state index is 0.882. The van der Waals surface area contributed by atoms with Crippen molar-refractivity contribution in [2.75, 3.05) is 32.8 Å². The van der Waals surface area contributed by atoms with Crippen LogP contribution in [0.4, 0.5) is 0 Å². The molecule has 1 aromatic heterocycles. The Morgan fingerprint density at radius 2 is 2.00 bits per heavy atom. The number of ether oxygens (including phenoxy) is 1. The molecular weight excluding hydrogens is 250 g/mol. The lowest BCUT2D eigenvalue weighted by molar-refractivity contribution is 0.0374. The number of rotatable bonds is 5. The van der Waals surface area contributed by atoms with E-state index in [1.165, 1.54) is 17.8 Å². The first kappa shape index (κ1) is 13.6. The zero-order chi connectivity index (χ0) is 13.8. The molecule has 1 saturated heterocycles. The van der Waals surface area contributed by atoms with Crippen LogP contribution in [0.15, 0.2) is 24.3 Å². The molecule has 0 unspecified atom stereocenters. The fourth-order valence-corrected chi connectivity index (χ4v) is 2.95. The molecule has 0 bridgehead atoms. The van der Waals surface area contributed by atoms with E-state index in [1.807, 2.05) is 0 Å². The largest absolute Gasteiger partial charge is 0.379 e. The zero-order valence-electron chi connectivity index (χ0n) is 12.2. The Balaban J connectivity index is 1.64. The maximum atomic E-state index is 5.38. The molecule has 1 aromatic carbocycles. The van der Waals surface area contributed by atoms with Gasteiger partial charge < -0.3 is 9.30 Å². The lowest BCUT2D eigenvalue weighted by Gasteiger charge is -2.26. The van der Waals surface area contributed by atoms with Crippen LogP contribution in [0.2, 0.25) is 0 Å². The van der Waals surface area contributed by atoms with Crippen molar-refractivity contribution in [2.45, 2.75) is 26.3 Å². The average molecular weight is 273 g/mol. The third-order valence-corrected chi connectivity index (χ3v) is 4.03. The van der Waals surface area contributed by atoms with Gasteiger partial charge in [-0.1, -0.05) is 12.1 Å². The summed E-state index contributed by atoms with van der Waals surface area (Å²) in [4.78, 5) is 7.27. The summed E-state index contributed by atoms with van der Waals surface area (Å²) in [5.74, 6) is 1.22. The lowest BCUT2D eigenvalue weighted by Crippen LogP contribution is -2.37. The van der Waals surface area contributed by atoms with Gasteiger partial charge in [-0.15, -0.1) is 0 Å². The first-order valence-corrected chi connectivity index (χ1v) is 7.62. The van der Waals surface area contributed by atoms with Gasteiger partial charge in [-0.3, -0.25) is 4.90 Å². The van der Waals surface area contributed by atoms with Gasteiger partial charge in [-0.2, -0.15) is 0 Å². The standard InChI is InChI=1S/C16H23N3O/c1-2-19-15-7-4-3-6-14(15)17-16(19)8-5-9-18-10-12-20-13-11-18/h3-4,6-7H,2,5,8-13H2,1H3. The first-order chi connectivity index (χ1) is 9.88. The van der Waals surface area contributed by atoms with Crippen LogP contribution < -0.4 is 0 Å². The van der Waals surface area contributed by atoms with Crippen molar-refractivity contribution in [1.82, 2.24) is 14.5 Å². The van der Waals surface area contributed by atoms with E-state index in [1.54, 1.807) is 0 Å². The lowest BCUT2D eigenvalue weighted by atomic mass is 10.2. The van der Waals surface area contributed by atoms with Crippen molar-refractivity contribution < 1.29 is 4.74 Å². The molecule has 1 aliphatic rings. The van der Waals surface area contributed by atoms with E-state index in [0.717, 1.165) is 51.3 Å². The van der Waals surface area contributed by atoms with Gasteiger partial charge in [0.1, 0.15) is 5.82 Å². The summed E-state index contributed by atoms with van der Waals surface area (Å²) in [5, 5.41) is 0. The number of benzene rings is 1. The number of aryl methyl sites for hydroxylation is 2. The third kappa shape index (κ3) is 2.86. The molecule has 0 amide bonds. The van der Waals surface area contributed by atoms with Gasteiger partial charge >= 0.3 is 0 Å². The number of morpholine rings is 1. The van der Waals surface area contributed by atoms with E-state index >= 15 is 0 Å². The number of imidazole rings is 1. The van der Waals surface area contributed by atoms with Crippen LogP contribution in [0.1, 0.15) is 19.2 Å². The topological polar surface area (TPSA) is 30.3 Å². The van der Waals surface area contributed by atoms with E-state index in [9.17, 15) is 0 Å². The zero-order valence-corrected chi connectivity index (χ0v) is 12.2. The molecule has 2 heterocycles. The highest BCUT2D eigenvalue weighted by Crippen LogP contribution is 2.17. The molecule has 4 heteroatoms. The van der Waals surface area contributed by atoms with E-state index in [-0.39, 0.29) is 0 Å². The molecule has 0 atom stereocenters. The fourth-order valence-electron chi connectivity index (χ4n) is 2.95. The van der Waals surface area contributed by atoms with Crippen LogP contribution in [0.5, 0.6) is 0 Å². The normalized spacial score (nSPS) is 16.9. The van der Waals surface area contributed by atoms with Crippen LogP contribution in [-0.4, -0.2) is 47.3 Å². The van der Waals surface area contributed by atoms with E-state index in [0.29, 0.717) is 0 Å². The Bertz CT molecular complexity index is 558. The highest BCUT2D eigenvalue weighted by molar-refractivity contribution is 5.75. The summed E-state index contributed by atoms with van der Waals surface area (Å²) in [5.41, 5.74) is 2.38.